The third-order valence-corrected chi connectivity index (χ3v) is 2.35. The Kier molecular flexibility index (Phi) is 1.55. The zero-order valence-electron chi connectivity index (χ0n) is 5.87. The Bertz CT molecular complexity index is 468. The molecule has 0 fully saturated rings. The van der Waals surface area contributed by atoms with E-state index in [1.165, 1.54) is 0 Å². The maximum Gasteiger partial charge on any atom is 0.128 e. The van der Waals surface area contributed by atoms with E-state index in [4.69, 9.17) is 5.26 Å². The summed E-state index contributed by atoms with van der Waals surface area (Å²) in [5.74, 6) is 0. The Morgan fingerprint density at radius 2 is 2.25 bits per heavy atom. The Morgan fingerprint density at radius 3 is 3.00 bits per heavy atom. The smallest absolute Gasteiger partial charge is 0.128 e. The van der Waals surface area contributed by atoms with Gasteiger partial charge in [0.15, 0.2) is 0 Å². The summed E-state index contributed by atoms with van der Waals surface area (Å²) < 4.78 is 0.691. The molecule has 2 rings (SSSR count). The summed E-state index contributed by atoms with van der Waals surface area (Å²) in [5.41, 5.74) is 2.01. The number of nitrogens with zero attached hydrogens (tertiary/aromatic N) is 3. The number of aromatic nitrogens is 3. The maximum absolute atomic E-state index is 8.68. The summed E-state index contributed by atoms with van der Waals surface area (Å²) in [6.07, 6.45) is 0. The number of benzene rings is 1. The molecule has 1 heterocycles. The van der Waals surface area contributed by atoms with Crippen molar-refractivity contribution in [2.75, 3.05) is 0 Å². The minimum absolute atomic E-state index is 0.566. The molecule has 0 radical (unpaired) electrons. The average molecular weight is 223 g/mol. The first kappa shape index (κ1) is 7.25. The molecule has 4 nitrogen and oxygen atoms in total. The molecule has 0 bridgehead atoms. The number of nitriles is 1. The van der Waals surface area contributed by atoms with Gasteiger partial charge in [0, 0.05) is 0 Å². The normalized spacial score (nSPS) is 10.0. The first-order valence-corrected chi connectivity index (χ1v) is 4.01. The molecule has 0 amide bonds. The summed E-state index contributed by atoms with van der Waals surface area (Å²) in [7, 11) is 0. The van der Waals surface area contributed by atoms with Crippen molar-refractivity contribution in [3.8, 4) is 6.07 Å². The number of hydrogen-bond donors (Lipinski definition) is 1. The highest BCUT2D eigenvalue weighted by atomic mass is 79.9. The minimum Gasteiger partial charge on any atom is -0.197 e. The van der Waals surface area contributed by atoms with Crippen LogP contribution in [0.15, 0.2) is 16.6 Å². The standard InChI is InChI=1S/C7H3BrN4/c8-6-4(3-9)1-2-5-7(6)11-12-10-5/h1-2H,(H,10,11,12). The quantitative estimate of drug-likeness (QED) is 0.737. The second-order valence-electron chi connectivity index (χ2n) is 2.23. The highest BCUT2D eigenvalue weighted by molar-refractivity contribution is 9.10. The Balaban J connectivity index is 2.89. The molecule has 0 atom stereocenters. The van der Waals surface area contributed by atoms with Gasteiger partial charge in [0.2, 0.25) is 0 Å². The lowest BCUT2D eigenvalue weighted by Crippen LogP contribution is -1.78. The van der Waals surface area contributed by atoms with Crippen LogP contribution in [-0.4, -0.2) is 15.4 Å². The summed E-state index contributed by atoms with van der Waals surface area (Å²) in [6, 6.07) is 5.50. The third kappa shape index (κ3) is 0.889. The Morgan fingerprint density at radius 1 is 1.42 bits per heavy atom. The molecule has 1 aromatic heterocycles. The zero-order chi connectivity index (χ0) is 8.55. The number of fused-ring (bicyclic) bond motifs is 1. The van der Waals surface area contributed by atoms with E-state index in [0.717, 1.165) is 5.52 Å². The summed E-state index contributed by atoms with van der Waals surface area (Å²) >= 11 is 3.28. The van der Waals surface area contributed by atoms with Crippen molar-refractivity contribution in [1.29, 1.82) is 5.26 Å². The molecule has 58 valence electrons. The van der Waals surface area contributed by atoms with Gasteiger partial charge in [-0.1, -0.05) is 0 Å². The van der Waals surface area contributed by atoms with Gasteiger partial charge in [-0.3, -0.25) is 0 Å². The van der Waals surface area contributed by atoms with Crippen LogP contribution in [0.3, 0.4) is 0 Å². The van der Waals surface area contributed by atoms with E-state index in [9.17, 15) is 0 Å². The molecule has 5 heteroatoms. The molecule has 1 aromatic carbocycles. The van der Waals surface area contributed by atoms with Gasteiger partial charge in [0.25, 0.3) is 0 Å². The van der Waals surface area contributed by atoms with Crippen LogP contribution in [0, 0.1) is 11.3 Å². The molecule has 0 saturated carbocycles. The first-order chi connectivity index (χ1) is 5.83. The van der Waals surface area contributed by atoms with Crippen molar-refractivity contribution in [3.05, 3.63) is 22.2 Å². The van der Waals surface area contributed by atoms with E-state index in [1.54, 1.807) is 12.1 Å². The van der Waals surface area contributed by atoms with Crippen LogP contribution in [-0.2, 0) is 0 Å². The first-order valence-electron chi connectivity index (χ1n) is 3.22. The van der Waals surface area contributed by atoms with Crippen LogP contribution in [0.2, 0.25) is 0 Å². The Hall–Kier alpha value is -1.41. The number of hydrogen-bond acceptors (Lipinski definition) is 3. The number of nitrogens with one attached hydrogen (secondary N) is 1. The van der Waals surface area contributed by atoms with Crippen molar-refractivity contribution in [1.82, 2.24) is 15.4 Å². The van der Waals surface area contributed by atoms with Crippen LogP contribution in [0.4, 0.5) is 0 Å². The zero-order valence-corrected chi connectivity index (χ0v) is 7.46. The molecular weight excluding hydrogens is 220 g/mol. The Labute approximate surface area is 76.3 Å². The molecule has 12 heavy (non-hydrogen) atoms. The van der Waals surface area contributed by atoms with Crippen molar-refractivity contribution < 1.29 is 0 Å². The third-order valence-electron chi connectivity index (χ3n) is 1.55. The van der Waals surface area contributed by atoms with Crippen molar-refractivity contribution in [2.45, 2.75) is 0 Å². The van der Waals surface area contributed by atoms with Crippen molar-refractivity contribution >= 4 is 27.0 Å². The molecule has 0 aliphatic rings. The number of H-pyrrole nitrogens is 1. The summed E-state index contributed by atoms with van der Waals surface area (Å²) in [5, 5.41) is 18.9. The fourth-order valence-electron chi connectivity index (χ4n) is 0.966. The van der Waals surface area contributed by atoms with Gasteiger partial charge in [0.05, 0.1) is 10.0 Å². The van der Waals surface area contributed by atoms with E-state index in [1.807, 2.05) is 6.07 Å². The fourth-order valence-corrected chi connectivity index (χ4v) is 1.48. The van der Waals surface area contributed by atoms with Crippen LogP contribution in [0.25, 0.3) is 11.0 Å². The molecule has 0 spiro atoms. The lowest BCUT2D eigenvalue weighted by Gasteiger charge is -1.92. The van der Waals surface area contributed by atoms with Crippen LogP contribution in [0.1, 0.15) is 5.56 Å². The van der Waals surface area contributed by atoms with Gasteiger partial charge < -0.3 is 0 Å². The highest BCUT2D eigenvalue weighted by Gasteiger charge is 2.06. The van der Waals surface area contributed by atoms with Crippen molar-refractivity contribution in [2.24, 2.45) is 0 Å². The average Bonchev–Trinajstić information content (AvgIpc) is 2.53. The van der Waals surface area contributed by atoms with Crippen LogP contribution < -0.4 is 0 Å². The fraction of sp³-hybridized carbons (Fsp3) is 0. The topological polar surface area (TPSA) is 65.4 Å². The SMILES string of the molecule is N#Cc1ccc2n[nH]nc2c1Br. The molecule has 0 aliphatic carbocycles. The van der Waals surface area contributed by atoms with Gasteiger partial charge in [-0.15, -0.1) is 0 Å². The monoisotopic (exact) mass is 222 g/mol. The van der Waals surface area contributed by atoms with E-state index >= 15 is 0 Å². The second kappa shape index (κ2) is 2.57. The highest BCUT2D eigenvalue weighted by Crippen LogP contribution is 2.23. The number of halogens is 1. The van der Waals surface area contributed by atoms with Gasteiger partial charge in [0.1, 0.15) is 17.1 Å². The van der Waals surface area contributed by atoms with Crippen LogP contribution >= 0.6 is 15.9 Å². The van der Waals surface area contributed by atoms with E-state index in [0.29, 0.717) is 15.6 Å². The predicted octanol–water partition coefficient (Wildman–Crippen LogP) is 1.59. The molecular formula is C7H3BrN4. The molecule has 1 N–H and O–H groups in total. The summed E-state index contributed by atoms with van der Waals surface area (Å²) in [6.45, 7) is 0. The van der Waals surface area contributed by atoms with Gasteiger partial charge >= 0.3 is 0 Å². The molecule has 0 unspecified atom stereocenters. The van der Waals surface area contributed by atoms with E-state index in [2.05, 4.69) is 31.3 Å². The summed E-state index contributed by atoms with van der Waals surface area (Å²) in [4.78, 5) is 0. The maximum atomic E-state index is 8.68. The largest absolute Gasteiger partial charge is 0.197 e. The molecule has 0 saturated heterocycles. The van der Waals surface area contributed by atoms with Gasteiger partial charge in [-0.05, 0) is 28.1 Å². The molecule has 2 aromatic rings. The lowest BCUT2D eigenvalue weighted by atomic mass is 10.2. The predicted molar refractivity (Wildman–Crippen MR) is 46.3 cm³/mol. The molecule has 0 aliphatic heterocycles. The van der Waals surface area contributed by atoms with E-state index in [-0.39, 0.29) is 0 Å². The number of aromatic amines is 1. The van der Waals surface area contributed by atoms with Crippen LogP contribution in [0.5, 0.6) is 0 Å². The van der Waals surface area contributed by atoms with Gasteiger partial charge in [-0.25, -0.2) is 0 Å². The van der Waals surface area contributed by atoms with Gasteiger partial charge in [-0.2, -0.15) is 20.7 Å². The second-order valence-corrected chi connectivity index (χ2v) is 3.02. The number of rotatable bonds is 0. The minimum atomic E-state index is 0.566. The van der Waals surface area contributed by atoms with E-state index < -0.39 is 0 Å². The van der Waals surface area contributed by atoms with Crippen molar-refractivity contribution in [3.63, 3.8) is 0 Å². The lowest BCUT2D eigenvalue weighted by molar-refractivity contribution is 0.959.